The molecule has 0 unspecified atom stereocenters. The highest BCUT2D eigenvalue weighted by molar-refractivity contribution is 6.32. The molecule has 0 aliphatic carbocycles. The van der Waals surface area contributed by atoms with Gasteiger partial charge in [0.1, 0.15) is 12.4 Å². The molecule has 2 aromatic rings. The molecule has 0 spiro atoms. The Kier molecular flexibility index (Phi) is 3.09. The van der Waals surface area contributed by atoms with E-state index < -0.39 is 0 Å². The zero-order valence-electron chi connectivity index (χ0n) is 9.13. The third-order valence-corrected chi connectivity index (χ3v) is 2.64. The smallest absolute Gasteiger partial charge is 0.252 e. The van der Waals surface area contributed by atoms with Crippen molar-refractivity contribution in [3.05, 3.63) is 40.9 Å². The van der Waals surface area contributed by atoms with Crippen LogP contribution in [0.4, 0.5) is 0 Å². The maximum absolute atomic E-state index is 8.65. The molecule has 86 valence electrons. The van der Waals surface area contributed by atoms with Gasteiger partial charge in [0, 0.05) is 6.04 Å². The van der Waals surface area contributed by atoms with E-state index >= 15 is 0 Å². The van der Waals surface area contributed by atoms with Gasteiger partial charge in [0.15, 0.2) is 0 Å². The molecule has 0 saturated carbocycles. The van der Waals surface area contributed by atoms with Crippen LogP contribution in [0.15, 0.2) is 24.5 Å². The molecular formula is C11H10ClN5. The molecule has 17 heavy (non-hydrogen) atoms. The Morgan fingerprint density at radius 2 is 2.29 bits per heavy atom. The number of aromatic nitrogens is 3. The van der Waals surface area contributed by atoms with Crippen LogP contribution < -0.4 is 5.73 Å². The molecule has 0 aliphatic heterocycles. The molecule has 0 fully saturated rings. The number of hydrogen-bond donors (Lipinski definition) is 1. The monoisotopic (exact) mass is 247 g/mol. The van der Waals surface area contributed by atoms with E-state index in [-0.39, 0.29) is 11.9 Å². The van der Waals surface area contributed by atoms with Crippen molar-refractivity contribution in [3.8, 4) is 11.8 Å². The first-order chi connectivity index (χ1) is 8.11. The summed E-state index contributed by atoms with van der Waals surface area (Å²) in [5.41, 5.74) is 7.38. The average molecular weight is 248 g/mol. The molecule has 2 rings (SSSR count). The van der Waals surface area contributed by atoms with E-state index in [9.17, 15) is 0 Å². The number of halogens is 1. The Morgan fingerprint density at radius 3 is 2.82 bits per heavy atom. The number of nitriles is 1. The largest absolute Gasteiger partial charge is 0.324 e. The van der Waals surface area contributed by atoms with Crippen molar-refractivity contribution < 1.29 is 0 Å². The molecule has 0 amide bonds. The standard InChI is InChI=1S/C11H10ClN5/c1-7(14)8-2-3-10(9(12)4-8)17-6-15-11(5-13)16-17/h2-4,6-7H,14H2,1H3/t7-/m1/s1. The molecule has 1 aromatic heterocycles. The van der Waals surface area contributed by atoms with Crippen LogP contribution in [0.3, 0.4) is 0 Å². The summed E-state index contributed by atoms with van der Waals surface area (Å²) in [7, 11) is 0. The number of nitrogens with two attached hydrogens (primary N) is 1. The molecule has 1 aromatic carbocycles. The lowest BCUT2D eigenvalue weighted by Crippen LogP contribution is -2.05. The summed E-state index contributed by atoms with van der Waals surface area (Å²) < 4.78 is 1.46. The fourth-order valence-electron chi connectivity index (χ4n) is 1.42. The Morgan fingerprint density at radius 1 is 1.53 bits per heavy atom. The maximum Gasteiger partial charge on any atom is 0.252 e. The van der Waals surface area contributed by atoms with Crippen LogP contribution in [0.5, 0.6) is 0 Å². The minimum atomic E-state index is -0.0769. The highest BCUT2D eigenvalue weighted by Gasteiger charge is 2.08. The summed E-state index contributed by atoms with van der Waals surface area (Å²) >= 11 is 6.13. The van der Waals surface area contributed by atoms with Gasteiger partial charge in [-0.05, 0) is 24.6 Å². The summed E-state index contributed by atoms with van der Waals surface area (Å²) in [5.74, 6) is 0.109. The summed E-state index contributed by atoms with van der Waals surface area (Å²) in [4.78, 5) is 3.82. The zero-order chi connectivity index (χ0) is 12.4. The molecular weight excluding hydrogens is 238 g/mol. The molecule has 2 N–H and O–H groups in total. The van der Waals surface area contributed by atoms with Crippen LogP contribution in [-0.2, 0) is 0 Å². The fraction of sp³-hybridized carbons (Fsp3) is 0.182. The molecule has 6 heteroatoms. The lowest BCUT2D eigenvalue weighted by atomic mass is 10.1. The van der Waals surface area contributed by atoms with Crippen LogP contribution >= 0.6 is 11.6 Å². The van der Waals surface area contributed by atoms with Gasteiger partial charge >= 0.3 is 0 Å². The molecule has 0 saturated heterocycles. The van der Waals surface area contributed by atoms with E-state index in [1.807, 2.05) is 19.1 Å². The second-order valence-electron chi connectivity index (χ2n) is 3.62. The first kappa shape index (κ1) is 11.6. The maximum atomic E-state index is 8.65. The first-order valence-electron chi connectivity index (χ1n) is 4.99. The predicted octanol–water partition coefficient (Wildman–Crippen LogP) is 1.81. The van der Waals surface area contributed by atoms with Gasteiger partial charge in [-0.1, -0.05) is 17.7 Å². The Balaban J connectivity index is 2.43. The Bertz CT molecular complexity index is 582. The van der Waals surface area contributed by atoms with Gasteiger partial charge in [0.2, 0.25) is 0 Å². The van der Waals surface area contributed by atoms with Crippen molar-refractivity contribution in [2.45, 2.75) is 13.0 Å². The molecule has 5 nitrogen and oxygen atoms in total. The second-order valence-corrected chi connectivity index (χ2v) is 4.03. The van der Waals surface area contributed by atoms with E-state index in [1.54, 1.807) is 12.1 Å². The fourth-order valence-corrected chi connectivity index (χ4v) is 1.70. The Hall–Kier alpha value is -1.90. The molecule has 1 heterocycles. The molecule has 1 atom stereocenters. The quantitative estimate of drug-likeness (QED) is 0.878. The third-order valence-electron chi connectivity index (χ3n) is 2.34. The van der Waals surface area contributed by atoms with Gasteiger partial charge in [-0.3, -0.25) is 0 Å². The summed E-state index contributed by atoms with van der Waals surface area (Å²) in [5, 5.41) is 13.1. The van der Waals surface area contributed by atoms with E-state index in [4.69, 9.17) is 22.6 Å². The van der Waals surface area contributed by atoms with Crippen molar-refractivity contribution in [1.82, 2.24) is 14.8 Å². The lowest BCUT2D eigenvalue weighted by Gasteiger charge is -2.09. The van der Waals surface area contributed by atoms with E-state index in [0.29, 0.717) is 10.7 Å². The van der Waals surface area contributed by atoms with E-state index in [0.717, 1.165) is 5.56 Å². The van der Waals surface area contributed by atoms with Gasteiger partial charge in [0.05, 0.1) is 10.7 Å². The van der Waals surface area contributed by atoms with Crippen molar-refractivity contribution >= 4 is 11.6 Å². The highest BCUT2D eigenvalue weighted by atomic mass is 35.5. The van der Waals surface area contributed by atoms with Crippen LogP contribution in [-0.4, -0.2) is 14.8 Å². The van der Waals surface area contributed by atoms with Crippen molar-refractivity contribution in [2.24, 2.45) is 5.73 Å². The SMILES string of the molecule is C[C@@H](N)c1ccc(-n2cnc(C#N)n2)c(Cl)c1. The number of hydrogen-bond acceptors (Lipinski definition) is 4. The van der Waals surface area contributed by atoms with Crippen LogP contribution in [0.1, 0.15) is 24.4 Å². The first-order valence-corrected chi connectivity index (χ1v) is 5.37. The minimum absolute atomic E-state index is 0.0769. The zero-order valence-corrected chi connectivity index (χ0v) is 9.89. The summed E-state index contributed by atoms with van der Waals surface area (Å²) in [6.07, 6.45) is 1.45. The lowest BCUT2D eigenvalue weighted by molar-refractivity contribution is 0.814. The Labute approximate surface area is 103 Å². The summed E-state index contributed by atoms with van der Waals surface area (Å²) in [6, 6.07) is 7.25. The van der Waals surface area contributed by atoms with Gasteiger partial charge < -0.3 is 5.73 Å². The van der Waals surface area contributed by atoms with E-state index in [1.165, 1.54) is 11.0 Å². The van der Waals surface area contributed by atoms with Gasteiger partial charge in [-0.2, -0.15) is 5.26 Å². The van der Waals surface area contributed by atoms with Gasteiger partial charge in [0.25, 0.3) is 5.82 Å². The van der Waals surface area contributed by atoms with Crippen molar-refractivity contribution in [1.29, 1.82) is 5.26 Å². The number of benzene rings is 1. The summed E-state index contributed by atoms with van der Waals surface area (Å²) in [6.45, 7) is 1.88. The topological polar surface area (TPSA) is 80.5 Å². The predicted molar refractivity (Wildman–Crippen MR) is 63.7 cm³/mol. The molecule has 0 aliphatic rings. The second kappa shape index (κ2) is 4.53. The van der Waals surface area contributed by atoms with Crippen LogP contribution in [0, 0.1) is 11.3 Å². The van der Waals surface area contributed by atoms with Crippen LogP contribution in [0.2, 0.25) is 5.02 Å². The van der Waals surface area contributed by atoms with Crippen LogP contribution in [0.25, 0.3) is 5.69 Å². The van der Waals surface area contributed by atoms with E-state index in [2.05, 4.69) is 10.1 Å². The third kappa shape index (κ3) is 2.28. The number of nitrogens with zero attached hydrogens (tertiary/aromatic N) is 4. The van der Waals surface area contributed by atoms with Gasteiger partial charge in [-0.25, -0.2) is 9.67 Å². The normalized spacial score (nSPS) is 12.1. The average Bonchev–Trinajstić information content (AvgIpc) is 2.77. The highest BCUT2D eigenvalue weighted by Crippen LogP contribution is 2.23. The van der Waals surface area contributed by atoms with Crippen molar-refractivity contribution in [2.75, 3.05) is 0 Å². The van der Waals surface area contributed by atoms with Crippen molar-refractivity contribution in [3.63, 3.8) is 0 Å². The minimum Gasteiger partial charge on any atom is -0.324 e. The molecule has 0 radical (unpaired) electrons. The molecule has 0 bridgehead atoms. The number of rotatable bonds is 2. The van der Waals surface area contributed by atoms with Gasteiger partial charge in [-0.15, -0.1) is 5.10 Å².